The Bertz CT molecular complexity index is 1550. The van der Waals surface area contributed by atoms with Gasteiger partial charge in [-0.05, 0) is 25.7 Å². The van der Waals surface area contributed by atoms with Crippen LogP contribution in [0.3, 0.4) is 0 Å². The molecule has 5 aromatic rings. The Balaban J connectivity index is 1.69. The molecule has 0 amide bonds. The molecule has 0 bridgehead atoms. The number of anilines is 1. The maximum atomic E-state index is 13.8. The van der Waals surface area contributed by atoms with E-state index >= 15 is 0 Å². The minimum atomic E-state index is 0.0788. The van der Waals surface area contributed by atoms with Gasteiger partial charge in [-0.25, -0.2) is 4.98 Å². The standard InChI is InChI=1S/C29H26N4O/c1-32(2)17-16-30-29-25-24-26(20-12-6-7-13-21(20)28(24)34)33(18-19-10-4-3-5-11-19)27(25)22-14-8-9-15-23(22)31-29/h3-15H,16-18H2,1-2H3,(H,30,31). The Labute approximate surface area is 198 Å². The average Bonchev–Trinajstić information content (AvgIpc) is 3.33. The summed E-state index contributed by atoms with van der Waals surface area (Å²) in [5.74, 6) is 0.856. The number of aromatic nitrogens is 2. The van der Waals surface area contributed by atoms with E-state index in [2.05, 4.69) is 65.3 Å². The molecular formula is C29H26N4O. The van der Waals surface area contributed by atoms with E-state index in [1.165, 1.54) is 5.56 Å². The lowest BCUT2D eigenvalue weighted by atomic mass is 10.1. The van der Waals surface area contributed by atoms with Gasteiger partial charge in [0, 0.05) is 36.1 Å². The summed E-state index contributed by atoms with van der Waals surface area (Å²) in [4.78, 5) is 20.9. The van der Waals surface area contributed by atoms with Gasteiger partial charge in [0.25, 0.3) is 0 Å². The van der Waals surface area contributed by atoms with Crippen molar-refractivity contribution in [3.8, 4) is 11.3 Å². The number of likely N-dealkylation sites (N-methyl/N-ethyl adjacent to an activating group) is 1. The van der Waals surface area contributed by atoms with Crippen LogP contribution in [-0.4, -0.2) is 47.4 Å². The van der Waals surface area contributed by atoms with Crippen molar-refractivity contribution < 1.29 is 4.79 Å². The summed E-state index contributed by atoms with van der Waals surface area (Å²) < 4.78 is 2.32. The number of nitrogens with one attached hydrogen (secondary N) is 1. The lowest BCUT2D eigenvalue weighted by Crippen LogP contribution is -2.21. The number of fused-ring (bicyclic) bond motifs is 7. The Morgan fingerprint density at radius 3 is 2.38 bits per heavy atom. The summed E-state index contributed by atoms with van der Waals surface area (Å²) in [6, 6.07) is 26.6. The minimum absolute atomic E-state index is 0.0788. The fourth-order valence-electron chi connectivity index (χ4n) is 5.05. The zero-order chi connectivity index (χ0) is 23.2. The van der Waals surface area contributed by atoms with E-state index in [0.717, 1.165) is 63.1 Å². The Morgan fingerprint density at radius 2 is 1.59 bits per heavy atom. The molecule has 1 aliphatic rings. The first-order valence-electron chi connectivity index (χ1n) is 11.6. The maximum Gasteiger partial charge on any atom is 0.196 e. The van der Waals surface area contributed by atoms with Crippen LogP contribution in [0, 0.1) is 0 Å². The minimum Gasteiger partial charge on any atom is -0.368 e. The number of rotatable bonds is 6. The number of hydrogen-bond acceptors (Lipinski definition) is 4. The van der Waals surface area contributed by atoms with Gasteiger partial charge in [0.1, 0.15) is 5.82 Å². The normalized spacial score (nSPS) is 12.5. The SMILES string of the molecule is CN(C)CCNc1nc2ccccc2c2c1c1c(n2Cc2ccccc2)-c2ccccc2C1=O. The van der Waals surface area contributed by atoms with Crippen molar-refractivity contribution in [3.05, 3.63) is 95.6 Å². The van der Waals surface area contributed by atoms with E-state index in [4.69, 9.17) is 4.98 Å². The van der Waals surface area contributed by atoms with E-state index in [0.29, 0.717) is 6.54 Å². The van der Waals surface area contributed by atoms with E-state index in [9.17, 15) is 4.79 Å². The van der Waals surface area contributed by atoms with Crippen LogP contribution in [0.25, 0.3) is 33.1 Å². The molecule has 2 aromatic heterocycles. The fraction of sp³-hybridized carbons (Fsp3) is 0.172. The van der Waals surface area contributed by atoms with Crippen LogP contribution >= 0.6 is 0 Å². The summed E-state index contributed by atoms with van der Waals surface area (Å²) >= 11 is 0. The van der Waals surface area contributed by atoms with Crippen LogP contribution in [0.4, 0.5) is 5.82 Å². The second-order valence-corrected chi connectivity index (χ2v) is 9.10. The molecule has 3 aromatic carbocycles. The van der Waals surface area contributed by atoms with E-state index in [-0.39, 0.29) is 5.78 Å². The third kappa shape index (κ3) is 3.20. The molecule has 2 heterocycles. The number of carbonyl (C=O) groups excluding carboxylic acids is 1. The quantitative estimate of drug-likeness (QED) is 0.371. The molecule has 168 valence electrons. The Hall–Kier alpha value is -3.96. The lowest BCUT2D eigenvalue weighted by Gasteiger charge is -2.15. The zero-order valence-corrected chi connectivity index (χ0v) is 19.4. The fourth-order valence-corrected chi connectivity index (χ4v) is 5.05. The molecule has 0 aliphatic heterocycles. The summed E-state index contributed by atoms with van der Waals surface area (Å²) in [6.45, 7) is 2.30. The van der Waals surface area contributed by atoms with Gasteiger partial charge in [0.15, 0.2) is 5.78 Å². The largest absolute Gasteiger partial charge is 0.368 e. The molecule has 5 nitrogen and oxygen atoms in total. The average molecular weight is 447 g/mol. The molecular weight excluding hydrogens is 420 g/mol. The molecule has 6 rings (SSSR count). The number of pyridine rings is 1. The van der Waals surface area contributed by atoms with Gasteiger partial charge in [-0.1, -0.05) is 72.8 Å². The first-order chi connectivity index (χ1) is 16.6. The number of hydrogen-bond donors (Lipinski definition) is 1. The summed E-state index contributed by atoms with van der Waals surface area (Å²) in [5, 5.41) is 5.53. The van der Waals surface area contributed by atoms with Crippen LogP contribution in [-0.2, 0) is 6.54 Å². The van der Waals surface area contributed by atoms with Crippen LogP contribution < -0.4 is 5.32 Å². The third-order valence-electron chi connectivity index (χ3n) is 6.58. The Morgan fingerprint density at radius 1 is 0.882 bits per heavy atom. The van der Waals surface area contributed by atoms with Crippen molar-refractivity contribution in [1.29, 1.82) is 0 Å². The van der Waals surface area contributed by atoms with Gasteiger partial charge >= 0.3 is 0 Å². The van der Waals surface area contributed by atoms with Gasteiger partial charge < -0.3 is 14.8 Å². The van der Waals surface area contributed by atoms with Gasteiger partial charge in [-0.3, -0.25) is 4.79 Å². The number of carbonyl (C=O) groups is 1. The predicted molar refractivity (Wildman–Crippen MR) is 139 cm³/mol. The van der Waals surface area contributed by atoms with Crippen molar-refractivity contribution in [2.24, 2.45) is 0 Å². The second-order valence-electron chi connectivity index (χ2n) is 9.10. The van der Waals surface area contributed by atoms with Gasteiger partial charge in [0.2, 0.25) is 0 Å². The van der Waals surface area contributed by atoms with E-state index in [1.54, 1.807) is 0 Å². The van der Waals surface area contributed by atoms with E-state index in [1.807, 2.05) is 42.5 Å². The number of para-hydroxylation sites is 1. The predicted octanol–water partition coefficient (Wildman–Crippen LogP) is 5.42. The highest BCUT2D eigenvalue weighted by Crippen LogP contribution is 2.46. The molecule has 34 heavy (non-hydrogen) atoms. The van der Waals surface area contributed by atoms with Gasteiger partial charge in [0.05, 0.1) is 27.7 Å². The zero-order valence-electron chi connectivity index (χ0n) is 19.4. The molecule has 0 unspecified atom stereocenters. The Kier molecular flexibility index (Phi) is 4.93. The first kappa shape index (κ1) is 20.6. The summed E-state index contributed by atoms with van der Waals surface area (Å²) in [6.07, 6.45) is 0. The molecule has 1 N–H and O–H groups in total. The molecule has 0 spiro atoms. The van der Waals surface area contributed by atoms with Crippen molar-refractivity contribution in [3.63, 3.8) is 0 Å². The van der Waals surface area contributed by atoms with Gasteiger partial charge in [-0.2, -0.15) is 0 Å². The van der Waals surface area contributed by atoms with Crippen molar-refractivity contribution >= 4 is 33.4 Å². The molecule has 1 aliphatic carbocycles. The van der Waals surface area contributed by atoms with Crippen LogP contribution in [0.1, 0.15) is 21.5 Å². The topological polar surface area (TPSA) is 50.2 Å². The highest BCUT2D eigenvalue weighted by atomic mass is 16.1. The van der Waals surface area contributed by atoms with Crippen LogP contribution in [0.2, 0.25) is 0 Å². The molecule has 0 radical (unpaired) electrons. The van der Waals surface area contributed by atoms with Crippen molar-refractivity contribution in [1.82, 2.24) is 14.5 Å². The second kappa shape index (κ2) is 8.12. The van der Waals surface area contributed by atoms with Crippen molar-refractivity contribution in [2.75, 3.05) is 32.5 Å². The smallest absolute Gasteiger partial charge is 0.196 e. The molecule has 0 saturated heterocycles. The van der Waals surface area contributed by atoms with Gasteiger partial charge in [-0.15, -0.1) is 0 Å². The lowest BCUT2D eigenvalue weighted by molar-refractivity contribution is 0.104. The first-order valence-corrected chi connectivity index (χ1v) is 11.6. The monoisotopic (exact) mass is 446 g/mol. The number of nitrogens with zero attached hydrogens (tertiary/aromatic N) is 3. The third-order valence-corrected chi connectivity index (χ3v) is 6.58. The van der Waals surface area contributed by atoms with Crippen molar-refractivity contribution in [2.45, 2.75) is 6.54 Å². The number of benzene rings is 3. The van der Waals surface area contributed by atoms with E-state index < -0.39 is 0 Å². The number of ketones is 1. The maximum absolute atomic E-state index is 13.8. The van der Waals surface area contributed by atoms with Crippen LogP contribution in [0.15, 0.2) is 78.9 Å². The molecule has 0 saturated carbocycles. The highest BCUT2D eigenvalue weighted by Gasteiger charge is 2.35. The molecule has 5 heteroatoms. The van der Waals surface area contributed by atoms with Crippen LogP contribution in [0.5, 0.6) is 0 Å². The summed E-state index contributed by atoms with van der Waals surface area (Å²) in [5.41, 5.74) is 6.71. The summed E-state index contributed by atoms with van der Waals surface area (Å²) in [7, 11) is 4.11. The molecule has 0 atom stereocenters. The molecule has 0 fully saturated rings. The highest BCUT2D eigenvalue weighted by molar-refractivity contribution is 6.31.